The summed E-state index contributed by atoms with van der Waals surface area (Å²) in [6.07, 6.45) is 0. The first-order valence-electron chi connectivity index (χ1n) is 7.05. The molecule has 0 saturated carbocycles. The van der Waals surface area contributed by atoms with Crippen LogP contribution in [0.4, 0.5) is 0 Å². The lowest BCUT2D eigenvalue weighted by molar-refractivity contribution is 0.0595. The highest BCUT2D eigenvalue weighted by Gasteiger charge is 2.40. The normalized spacial score (nSPS) is 13.0. The molecule has 1 aromatic rings. The maximum absolute atomic E-state index is 12.8. The molecular formula is C15H25NO4SSi. The van der Waals surface area contributed by atoms with Crippen molar-refractivity contribution in [1.29, 1.82) is 0 Å². The number of carbonyl (C=O) groups is 1. The van der Waals surface area contributed by atoms with Crippen molar-refractivity contribution in [2.24, 2.45) is 0 Å². The number of benzene rings is 1. The molecule has 0 aliphatic heterocycles. The van der Waals surface area contributed by atoms with Gasteiger partial charge in [0.2, 0.25) is 10.0 Å². The zero-order chi connectivity index (χ0) is 17.3. The van der Waals surface area contributed by atoms with Gasteiger partial charge in [-0.1, -0.05) is 46.0 Å². The van der Waals surface area contributed by atoms with Crippen LogP contribution < -0.4 is 4.39 Å². The molecule has 0 aliphatic carbocycles. The lowest BCUT2D eigenvalue weighted by atomic mass is 10.1. The molecule has 5 nitrogen and oxygen atoms in total. The molecule has 0 heterocycles. The van der Waals surface area contributed by atoms with Crippen LogP contribution in [0.1, 0.15) is 36.7 Å². The summed E-state index contributed by atoms with van der Waals surface area (Å²) in [6, 6.07) is 4.76. The molecule has 0 atom stereocenters. The first-order chi connectivity index (χ1) is 9.83. The number of rotatable bonds is 4. The number of esters is 1. The van der Waals surface area contributed by atoms with E-state index in [2.05, 4.69) is 4.39 Å². The van der Waals surface area contributed by atoms with Crippen molar-refractivity contribution in [3.05, 3.63) is 29.3 Å². The van der Waals surface area contributed by atoms with Gasteiger partial charge < -0.3 is 4.74 Å². The maximum atomic E-state index is 12.8. The number of nitrogens with one attached hydrogen (secondary N) is 1. The molecule has 0 spiro atoms. The van der Waals surface area contributed by atoms with E-state index in [9.17, 15) is 13.2 Å². The molecule has 1 aromatic carbocycles. The molecule has 0 fully saturated rings. The lowest BCUT2D eigenvalue weighted by Gasteiger charge is -2.36. The van der Waals surface area contributed by atoms with E-state index >= 15 is 0 Å². The molecule has 0 bridgehead atoms. The topological polar surface area (TPSA) is 72.5 Å². The summed E-state index contributed by atoms with van der Waals surface area (Å²) >= 11 is 0. The number of sulfonamides is 1. The van der Waals surface area contributed by atoms with E-state index in [1.165, 1.54) is 13.2 Å². The Balaban J connectivity index is 3.43. The molecule has 0 aliphatic rings. The molecule has 1 N–H and O–H groups in total. The first-order valence-corrected chi connectivity index (χ1v) is 11.5. The van der Waals surface area contributed by atoms with E-state index < -0.39 is 24.2 Å². The number of hydrogen-bond acceptors (Lipinski definition) is 4. The summed E-state index contributed by atoms with van der Waals surface area (Å²) in [5.74, 6) is -0.645. The van der Waals surface area contributed by atoms with Crippen molar-refractivity contribution < 1.29 is 17.9 Å². The maximum Gasteiger partial charge on any atom is 0.339 e. The minimum absolute atomic E-state index is 0.0239. The Morgan fingerprint density at radius 2 is 1.77 bits per heavy atom. The molecule has 0 radical (unpaired) electrons. The Morgan fingerprint density at radius 3 is 2.23 bits per heavy atom. The number of ether oxygens (including phenoxy) is 1. The monoisotopic (exact) mass is 343 g/mol. The molecule has 124 valence electrons. The summed E-state index contributed by atoms with van der Waals surface area (Å²) in [5.41, 5.74) is 0.668. The highest BCUT2D eigenvalue weighted by molar-refractivity contribution is 7.91. The molecule has 0 amide bonds. The summed E-state index contributed by atoms with van der Waals surface area (Å²) < 4.78 is 33.2. The zero-order valence-corrected chi connectivity index (χ0v) is 16.1. The minimum Gasteiger partial charge on any atom is -0.465 e. The van der Waals surface area contributed by atoms with Crippen LogP contribution >= 0.6 is 0 Å². The van der Waals surface area contributed by atoms with Gasteiger partial charge in [0.1, 0.15) is 8.24 Å². The zero-order valence-electron chi connectivity index (χ0n) is 14.3. The fraction of sp³-hybridized carbons (Fsp3) is 0.533. The Morgan fingerprint density at radius 1 is 1.23 bits per heavy atom. The predicted octanol–water partition coefficient (Wildman–Crippen LogP) is 3.07. The van der Waals surface area contributed by atoms with Crippen LogP contribution in [-0.2, 0) is 14.8 Å². The van der Waals surface area contributed by atoms with Gasteiger partial charge in [0, 0.05) is 0 Å². The van der Waals surface area contributed by atoms with Crippen molar-refractivity contribution >= 4 is 24.2 Å². The summed E-state index contributed by atoms with van der Waals surface area (Å²) in [6.45, 7) is 11.6. The van der Waals surface area contributed by atoms with Gasteiger partial charge in [-0.15, -0.1) is 0 Å². The van der Waals surface area contributed by atoms with Crippen LogP contribution in [0.3, 0.4) is 0 Å². The standard InChI is InChI=1S/C15H25NO4SSi/c1-11-9-8-10-12(13(11)14(17)20-5)21(18,19)16-22(6,7)15(2,3)4/h8-10,16H,1-7H3. The van der Waals surface area contributed by atoms with Gasteiger partial charge in [-0.05, 0) is 23.6 Å². The van der Waals surface area contributed by atoms with Crippen LogP contribution in [0.15, 0.2) is 23.1 Å². The third kappa shape index (κ3) is 3.77. The molecule has 0 aromatic heterocycles. The van der Waals surface area contributed by atoms with Gasteiger partial charge in [0.15, 0.2) is 0 Å². The van der Waals surface area contributed by atoms with E-state index in [1.54, 1.807) is 19.1 Å². The Labute approximate surface area is 134 Å². The van der Waals surface area contributed by atoms with Crippen molar-refractivity contribution in [3.63, 3.8) is 0 Å². The SMILES string of the molecule is COC(=O)c1c(C)cccc1S(=O)(=O)N[Si](C)(C)C(C)(C)C. The molecule has 7 heteroatoms. The van der Waals surface area contributed by atoms with E-state index in [4.69, 9.17) is 4.74 Å². The van der Waals surface area contributed by atoms with Crippen molar-refractivity contribution in [3.8, 4) is 0 Å². The summed E-state index contributed by atoms with van der Waals surface area (Å²) in [4.78, 5) is 11.9. The molecule has 0 saturated heterocycles. The Hall–Kier alpha value is -1.18. The number of methoxy groups -OCH3 is 1. The van der Waals surface area contributed by atoms with E-state index in [-0.39, 0.29) is 15.5 Å². The number of carbonyl (C=O) groups excluding carboxylic acids is 1. The highest BCUT2D eigenvalue weighted by Crippen LogP contribution is 2.35. The van der Waals surface area contributed by atoms with Gasteiger partial charge in [0.25, 0.3) is 0 Å². The minimum atomic E-state index is -3.80. The first kappa shape index (κ1) is 18.9. The lowest BCUT2D eigenvalue weighted by Crippen LogP contribution is -2.54. The molecule has 1 rings (SSSR count). The average Bonchev–Trinajstić information content (AvgIpc) is 2.35. The second-order valence-electron chi connectivity index (χ2n) is 6.92. The predicted molar refractivity (Wildman–Crippen MR) is 90.0 cm³/mol. The highest BCUT2D eigenvalue weighted by atomic mass is 32.2. The van der Waals surface area contributed by atoms with Crippen molar-refractivity contribution in [2.45, 2.75) is 50.7 Å². The second-order valence-corrected chi connectivity index (χ2v) is 13.9. The fourth-order valence-corrected chi connectivity index (χ4v) is 6.90. The van der Waals surface area contributed by atoms with Crippen LogP contribution in [0, 0.1) is 6.92 Å². The third-order valence-electron chi connectivity index (χ3n) is 4.18. The molecule has 22 heavy (non-hydrogen) atoms. The Bertz CT molecular complexity index is 675. The van der Waals surface area contributed by atoms with Gasteiger partial charge in [-0.2, -0.15) is 0 Å². The van der Waals surface area contributed by atoms with Crippen molar-refractivity contribution in [1.82, 2.24) is 4.39 Å². The molecular weight excluding hydrogens is 318 g/mol. The fourth-order valence-electron chi connectivity index (χ4n) is 1.77. The smallest absolute Gasteiger partial charge is 0.339 e. The van der Waals surface area contributed by atoms with Gasteiger partial charge in [-0.3, -0.25) is 0 Å². The van der Waals surface area contributed by atoms with Crippen LogP contribution in [0.2, 0.25) is 18.1 Å². The van der Waals surface area contributed by atoms with Crippen LogP contribution in [-0.4, -0.2) is 29.7 Å². The largest absolute Gasteiger partial charge is 0.465 e. The van der Waals surface area contributed by atoms with Crippen molar-refractivity contribution in [2.75, 3.05) is 7.11 Å². The van der Waals surface area contributed by atoms with Gasteiger partial charge in [-0.25, -0.2) is 17.6 Å². The molecule has 0 unspecified atom stereocenters. The Kier molecular flexibility index (Phi) is 5.26. The van der Waals surface area contributed by atoms with Crippen LogP contribution in [0.25, 0.3) is 0 Å². The van der Waals surface area contributed by atoms with E-state index in [0.29, 0.717) is 5.56 Å². The van der Waals surface area contributed by atoms with E-state index in [1.807, 2.05) is 33.9 Å². The second kappa shape index (κ2) is 6.14. The van der Waals surface area contributed by atoms with Crippen LogP contribution in [0.5, 0.6) is 0 Å². The number of aryl methyl sites for hydroxylation is 1. The van der Waals surface area contributed by atoms with Gasteiger partial charge in [0.05, 0.1) is 17.6 Å². The number of hydrogen-bond donors (Lipinski definition) is 1. The third-order valence-corrected chi connectivity index (χ3v) is 12.0. The summed E-state index contributed by atoms with van der Waals surface area (Å²) in [5, 5.41) is -0.157. The van der Waals surface area contributed by atoms with E-state index in [0.717, 1.165) is 0 Å². The quantitative estimate of drug-likeness (QED) is 0.673. The van der Waals surface area contributed by atoms with Gasteiger partial charge >= 0.3 is 5.97 Å². The average molecular weight is 344 g/mol. The summed E-state index contributed by atoms with van der Waals surface area (Å²) in [7, 11) is -4.85.